The van der Waals surface area contributed by atoms with E-state index in [4.69, 9.17) is 16.6 Å². The molecule has 0 radical (unpaired) electrons. The number of hydrogen-bond acceptors (Lipinski definition) is 4. The first-order valence-electron chi connectivity index (χ1n) is 9.32. The van der Waals surface area contributed by atoms with E-state index in [-0.39, 0.29) is 0 Å². The average molecular weight is 430 g/mol. The summed E-state index contributed by atoms with van der Waals surface area (Å²) in [7, 11) is 0. The number of para-hydroxylation sites is 1. The third kappa shape index (κ3) is 3.58. The highest BCUT2D eigenvalue weighted by Gasteiger charge is 2.19. The Hall–Kier alpha value is -3.48. The fraction of sp³-hybridized carbons (Fsp3) is 0. The predicted octanol–water partition coefficient (Wildman–Crippen LogP) is 5.67. The second kappa shape index (κ2) is 8.10. The standard InChI is InChI=1S/C23H16ClN5S/c24-19-13-11-17(12-14-19)21-22(18-7-3-1-4-8-18)30-23(27-20-9-5-2-6-10-20)29(21)28-15-25-26-16-28/h1-16H. The van der Waals surface area contributed by atoms with Crippen LogP contribution in [0.3, 0.4) is 0 Å². The van der Waals surface area contributed by atoms with Crippen molar-refractivity contribution in [2.75, 3.05) is 0 Å². The lowest BCUT2D eigenvalue weighted by atomic mass is 10.1. The van der Waals surface area contributed by atoms with Crippen LogP contribution >= 0.6 is 22.9 Å². The van der Waals surface area contributed by atoms with Gasteiger partial charge in [-0.1, -0.05) is 83.6 Å². The topological polar surface area (TPSA) is 48.0 Å². The van der Waals surface area contributed by atoms with Crippen molar-refractivity contribution >= 4 is 28.6 Å². The molecule has 5 nitrogen and oxygen atoms in total. The Labute approximate surface area is 182 Å². The SMILES string of the molecule is Clc1ccc(-c2c(-c3ccccc3)sc(=Nc3ccccc3)n2-n2cnnc2)cc1. The Morgan fingerprint density at radius 1 is 0.733 bits per heavy atom. The van der Waals surface area contributed by atoms with Gasteiger partial charge in [-0.05, 0) is 29.8 Å². The Kier molecular flexibility index (Phi) is 5.01. The maximum atomic E-state index is 6.16. The van der Waals surface area contributed by atoms with Crippen molar-refractivity contribution in [3.8, 4) is 21.7 Å². The summed E-state index contributed by atoms with van der Waals surface area (Å²) < 4.78 is 3.87. The third-order valence-corrected chi connectivity index (χ3v) is 5.91. The van der Waals surface area contributed by atoms with Crippen molar-refractivity contribution in [2.45, 2.75) is 0 Å². The van der Waals surface area contributed by atoms with Gasteiger partial charge in [0, 0.05) is 10.6 Å². The van der Waals surface area contributed by atoms with Crippen molar-refractivity contribution in [1.82, 2.24) is 19.5 Å². The molecule has 0 aliphatic carbocycles. The molecule has 0 unspecified atom stereocenters. The second-order valence-corrected chi connectivity index (χ2v) is 7.95. The van der Waals surface area contributed by atoms with Crippen LogP contribution in [0.5, 0.6) is 0 Å². The van der Waals surface area contributed by atoms with Crippen LogP contribution in [0.1, 0.15) is 0 Å². The first-order valence-corrected chi connectivity index (χ1v) is 10.5. The molecule has 146 valence electrons. The monoisotopic (exact) mass is 429 g/mol. The van der Waals surface area contributed by atoms with Crippen molar-refractivity contribution in [3.05, 3.63) is 107 Å². The number of nitrogens with zero attached hydrogens (tertiary/aromatic N) is 5. The molecule has 2 heterocycles. The minimum atomic E-state index is 0.695. The molecule has 0 fully saturated rings. The molecule has 5 rings (SSSR count). The number of rotatable bonds is 4. The molecule has 0 bridgehead atoms. The van der Waals surface area contributed by atoms with E-state index in [1.165, 1.54) is 0 Å². The lowest BCUT2D eigenvalue weighted by Crippen LogP contribution is -2.21. The van der Waals surface area contributed by atoms with E-state index in [1.807, 2.05) is 82.1 Å². The Morgan fingerprint density at radius 3 is 2.03 bits per heavy atom. The van der Waals surface area contributed by atoms with Gasteiger partial charge in [-0.15, -0.1) is 10.2 Å². The van der Waals surface area contributed by atoms with E-state index in [9.17, 15) is 0 Å². The zero-order valence-corrected chi connectivity index (χ0v) is 17.3. The van der Waals surface area contributed by atoms with Crippen LogP contribution in [0.2, 0.25) is 5.02 Å². The van der Waals surface area contributed by atoms with Crippen molar-refractivity contribution in [2.24, 2.45) is 4.99 Å². The summed E-state index contributed by atoms with van der Waals surface area (Å²) in [5.41, 5.74) is 4.02. The number of thiazole rings is 1. The Balaban J connectivity index is 1.87. The molecule has 0 saturated heterocycles. The van der Waals surface area contributed by atoms with Gasteiger partial charge < -0.3 is 0 Å². The molecule has 0 saturated carbocycles. The molecule has 2 aromatic heterocycles. The molecule has 0 spiro atoms. The highest BCUT2D eigenvalue weighted by Crippen LogP contribution is 2.35. The van der Waals surface area contributed by atoms with Gasteiger partial charge >= 0.3 is 0 Å². The van der Waals surface area contributed by atoms with Crippen LogP contribution in [0.25, 0.3) is 21.7 Å². The van der Waals surface area contributed by atoms with Crippen molar-refractivity contribution < 1.29 is 0 Å². The molecule has 0 amide bonds. The Bertz CT molecular complexity index is 1320. The fourth-order valence-electron chi connectivity index (χ4n) is 3.22. The van der Waals surface area contributed by atoms with E-state index in [1.54, 1.807) is 24.0 Å². The summed E-state index contributed by atoms with van der Waals surface area (Å²) in [6.45, 7) is 0. The molecular formula is C23H16ClN5S. The van der Waals surface area contributed by atoms with Gasteiger partial charge in [0.25, 0.3) is 0 Å². The maximum Gasteiger partial charge on any atom is 0.210 e. The molecule has 0 aliphatic heterocycles. The van der Waals surface area contributed by atoms with E-state index in [2.05, 4.69) is 22.3 Å². The van der Waals surface area contributed by atoms with Gasteiger partial charge in [0.1, 0.15) is 12.7 Å². The predicted molar refractivity (Wildman–Crippen MR) is 121 cm³/mol. The molecule has 3 aromatic carbocycles. The zero-order valence-electron chi connectivity index (χ0n) is 15.8. The van der Waals surface area contributed by atoms with Crippen LogP contribution < -0.4 is 4.80 Å². The maximum absolute atomic E-state index is 6.16. The fourth-order valence-corrected chi connectivity index (χ4v) is 4.50. The molecular weight excluding hydrogens is 414 g/mol. The lowest BCUT2D eigenvalue weighted by molar-refractivity contribution is 0.643. The number of aromatic nitrogens is 4. The van der Waals surface area contributed by atoms with Crippen LogP contribution in [-0.4, -0.2) is 19.5 Å². The third-order valence-electron chi connectivity index (χ3n) is 4.57. The second-order valence-electron chi connectivity index (χ2n) is 6.54. The summed E-state index contributed by atoms with van der Waals surface area (Å²) >= 11 is 7.78. The highest BCUT2D eigenvalue weighted by atomic mass is 35.5. The number of halogens is 1. The van der Waals surface area contributed by atoms with Gasteiger partial charge in [-0.3, -0.25) is 0 Å². The largest absolute Gasteiger partial charge is 0.221 e. The molecule has 30 heavy (non-hydrogen) atoms. The quantitative estimate of drug-likeness (QED) is 0.369. The van der Waals surface area contributed by atoms with E-state index in [0.717, 1.165) is 32.2 Å². The molecule has 0 atom stereocenters. The zero-order chi connectivity index (χ0) is 20.3. The van der Waals surface area contributed by atoms with Crippen LogP contribution in [0.15, 0.2) is 103 Å². The van der Waals surface area contributed by atoms with Gasteiger partial charge in [-0.25, -0.2) is 14.3 Å². The lowest BCUT2D eigenvalue weighted by Gasteiger charge is -2.11. The van der Waals surface area contributed by atoms with E-state index in [0.29, 0.717) is 5.02 Å². The minimum absolute atomic E-state index is 0.695. The normalized spacial score (nSPS) is 11.7. The van der Waals surface area contributed by atoms with Crippen molar-refractivity contribution in [3.63, 3.8) is 0 Å². The van der Waals surface area contributed by atoms with Crippen LogP contribution in [-0.2, 0) is 0 Å². The van der Waals surface area contributed by atoms with Crippen LogP contribution in [0.4, 0.5) is 5.69 Å². The summed E-state index contributed by atoms with van der Waals surface area (Å²) in [6, 6.07) is 28.0. The molecule has 5 aromatic rings. The average Bonchev–Trinajstić information content (AvgIpc) is 3.44. The van der Waals surface area contributed by atoms with E-state index < -0.39 is 0 Å². The number of benzene rings is 3. The van der Waals surface area contributed by atoms with Gasteiger partial charge in [0.15, 0.2) is 0 Å². The minimum Gasteiger partial charge on any atom is -0.221 e. The smallest absolute Gasteiger partial charge is 0.210 e. The van der Waals surface area contributed by atoms with Crippen molar-refractivity contribution in [1.29, 1.82) is 0 Å². The summed E-state index contributed by atoms with van der Waals surface area (Å²) in [5.74, 6) is 0. The van der Waals surface area contributed by atoms with E-state index >= 15 is 0 Å². The summed E-state index contributed by atoms with van der Waals surface area (Å²) in [5, 5.41) is 8.72. The van der Waals surface area contributed by atoms with Gasteiger partial charge in [0.05, 0.1) is 16.3 Å². The molecule has 7 heteroatoms. The first kappa shape index (κ1) is 18.5. The van der Waals surface area contributed by atoms with Crippen LogP contribution in [0, 0.1) is 0 Å². The highest BCUT2D eigenvalue weighted by molar-refractivity contribution is 7.13. The molecule has 0 N–H and O–H groups in total. The number of hydrogen-bond donors (Lipinski definition) is 0. The summed E-state index contributed by atoms with van der Waals surface area (Å²) in [6.07, 6.45) is 3.34. The summed E-state index contributed by atoms with van der Waals surface area (Å²) in [4.78, 5) is 6.83. The Morgan fingerprint density at radius 2 is 1.37 bits per heavy atom. The first-order chi connectivity index (χ1) is 14.8. The van der Waals surface area contributed by atoms with Gasteiger partial charge in [0.2, 0.25) is 4.80 Å². The van der Waals surface area contributed by atoms with Gasteiger partial charge in [-0.2, -0.15) is 0 Å². The molecule has 0 aliphatic rings.